The molecule has 1 N–H and O–H groups in total. The largest absolute Gasteiger partial charge is 0.383 e. The van der Waals surface area contributed by atoms with Gasteiger partial charge in [-0.1, -0.05) is 13.8 Å². The van der Waals surface area contributed by atoms with E-state index in [9.17, 15) is 10.1 Å². The predicted octanol–water partition coefficient (Wildman–Crippen LogP) is 2.98. The van der Waals surface area contributed by atoms with Gasteiger partial charge in [0.15, 0.2) is 0 Å². The zero-order valence-corrected chi connectivity index (χ0v) is 12.1. The molecule has 0 unspecified atom stereocenters. The van der Waals surface area contributed by atoms with Crippen LogP contribution in [0.25, 0.3) is 0 Å². The van der Waals surface area contributed by atoms with Crippen LogP contribution in [0.2, 0.25) is 0 Å². The van der Waals surface area contributed by atoms with E-state index >= 15 is 0 Å². The number of nitrogens with zero attached hydrogens (tertiary/aromatic N) is 2. The molecule has 1 aromatic carbocycles. The van der Waals surface area contributed by atoms with E-state index in [4.69, 9.17) is 0 Å². The third kappa shape index (κ3) is 5.26. The Labute approximate surface area is 114 Å². The molecule has 0 aliphatic carbocycles. The van der Waals surface area contributed by atoms with Crippen LogP contribution in [0.5, 0.6) is 0 Å². The zero-order chi connectivity index (χ0) is 14.4. The Bertz CT molecular complexity index is 402. The molecule has 0 bridgehead atoms. The van der Waals surface area contributed by atoms with Crippen LogP contribution in [0, 0.1) is 16.0 Å². The molecule has 0 aliphatic rings. The molecule has 0 radical (unpaired) electrons. The highest BCUT2D eigenvalue weighted by atomic mass is 16.6. The summed E-state index contributed by atoms with van der Waals surface area (Å²) in [5.74, 6) is 0.645. The molecule has 0 aromatic heterocycles. The summed E-state index contributed by atoms with van der Waals surface area (Å²) >= 11 is 0. The monoisotopic (exact) mass is 265 g/mol. The fourth-order valence-electron chi connectivity index (χ4n) is 1.96. The lowest BCUT2D eigenvalue weighted by Gasteiger charge is -2.26. The van der Waals surface area contributed by atoms with Crippen LogP contribution in [0.15, 0.2) is 24.3 Å². The van der Waals surface area contributed by atoms with Crippen molar-refractivity contribution in [3.05, 3.63) is 34.4 Å². The van der Waals surface area contributed by atoms with Crippen molar-refractivity contribution >= 4 is 11.4 Å². The van der Waals surface area contributed by atoms with Crippen molar-refractivity contribution in [1.82, 2.24) is 4.90 Å². The van der Waals surface area contributed by atoms with Gasteiger partial charge in [0.05, 0.1) is 4.92 Å². The fourth-order valence-corrected chi connectivity index (χ4v) is 1.96. The standard InChI is InChI=1S/C14H23N3O2/c1-11(2)9-14(16(3)4)10-15-12-5-7-13(8-6-12)17(18)19/h5-8,11,14-15H,9-10H2,1-4H3/t14-/m1/s1. The molecule has 19 heavy (non-hydrogen) atoms. The van der Waals surface area contributed by atoms with Crippen LogP contribution < -0.4 is 5.32 Å². The number of likely N-dealkylation sites (N-methyl/N-ethyl adjacent to an activating group) is 1. The van der Waals surface area contributed by atoms with E-state index < -0.39 is 0 Å². The Morgan fingerprint density at radius 2 is 1.84 bits per heavy atom. The molecule has 5 nitrogen and oxygen atoms in total. The second-order valence-electron chi connectivity index (χ2n) is 5.43. The summed E-state index contributed by atoms with van der Waals surface area (Å²) in [6.45, 7) is 5.26. The minimum Gasteiger partial charge on any atom is -0.383 e. The maximum atomic E-state index is 10.6. The van der Waals surface area contributed by atoms with E-state index in [1.807, 2.05) is 0 Å². The summed E-state index contributed by atoms with van der Waals surface area (Å²) in [5, 5.41) is 13.9. The summed E-state index contributed by atoms with van der Waals surface area (Å²) < 4.78 is 0. The maximum absolute atomic E-state index is 10.6. The Hall–Kier alpha value is -1.62. The summed E-state index contributed by atoms with van der Waals surface area (Å²) in [6.07, 6.45) is 1.12. The minimum atomic E-state index is -0.384. The van der Waals surface area contributed by atoms with Crippen molar-refractivity contribution in [1.29, 1.82) is 0 Å². The number of anilines is 1. The van der Waals surface area contributed by atoms with E-state index in [-0.39, 0.29) is 10.6 Å². The average molecular weight is 265 g/mol. The van der Waals surface area contributed by atoms with Gasteiger partial charge >= 0.3 is 0 Å². The van der Waals surface area contributed by atoms with Gasteiger partial charge in [0.2, 0.25) is 0 Å². The molecule has 0 saturated carbocycles. The number of hydrogen-bond donors (Lipinski definition) is 1. The Kier molecular flexibility index (Phi) is 5.76. The maximum Gasteiger partial charge on any atom is 0.269 e. The summed E-state index contributed by atoms with van der Waals surface area (Å²) in [6, 6.07) is 7.00. The number of nitro groups is 1. The van der Waals surface area contributed by atoms with Crippen molar-refractivity contribution in [3.8, 4) is 0 Å². The van der Waals surface area contributed by atoms with Gasteiger partial charge in [-0.3, -0.25) is 10.1 Å². The fraction of sp³-hybridized carbons (Fsp3) is 0.571. The van der Waals surface area contributed by atoms with Gasteiger partial charge in [-0.2, -0.15) is 0 Å². The molecule has 0 saturated heterocycles. The van der Waals surface area contributed by atoms with E-state index in [1.165, 1.54) is 12.1 Å². The number of rotatable bonds is 7. The Morgan fingerprint density at radius 3 is 2.26 bits per heavy atom. The SMILES string of the molecule is CC(C)C[C@H](CNc1ccc([N+](=O)[O-])cc1)N(C)C. The van der Waals surface area contributed by atoms with Crippen molar-refractivity contribution in [3.63, 3.8) is 0 Å². The van der Waals surface area contributed by atoms with Gasteiger partial charge in [-0.05, 0) is 38.6 Å². The second-order valence-corrected chi connectivity index (χ2v) is 5.43. The lowest BCUT2D eigenvalue weighted by molar-refractivity contribution is -0.384. The first-order valence-electron chi connectivity index (χ1n) is 6.55. The molecule has 106 valence electrons. The average Bonchev–Trinajstić information content (AvgIpc) is 2.34. The molecule has 0 amide bonds. The van der Waals surface area contributed by atoms with E-state index in [0.29, 0.717) is 12.0 Å². The lowest BCUT2D eigenvalue weighted by Crippen LogP contribution is -2.35. The molecule has 0 heterocycles. The van der Waals surface area contributed by atoms with Gasteiger partial charge in [0.1, 0.15) is 0 Å². The van der Waals surface area contributed by atoms with Gasteiger partial charge < -0.3 is 10.2 Å². The molecule has 1 atom stereocenters. The first-order chi connectivity index (χ1) is 8.90. The summed E-state index contributed by atoms with van der Waals surface area (Å²) in [7, 11) is 4.15. The zero-order valence-electron chi connectivity index (χ0n) is 12.1. The smallest absolute Gasteiger partial charge is 0.269 e. The minimum absolute atomic E-state index is 0.122. The van der Waals surface area contributed by atoms with Crippen LogP contribution in [0.1, 0.15) is 20.3 Å². The van der Waals surface area contributed by atoms with Crippen molar-refractivity contribution < 1.29 is 4.92 Å². The van der Waals surface area contributed by atoms with Gasteiger partial charge in [0, 0.05) is 30.4 Å². The van der Waals surface area contributed by atoms with Gasteiger partial charge in [-0.15, -0.1) is 0 Å². The molecule has 5 heteroatoms. The number of nitrogens with one attached hydrogen (secondary N) is 1. The van der Waals surface area contributed by atoms with Gasteiger partial charge in [-0.25, -0.2) is 0 Å². The van der Waals surface area contributed by atoms with Crippen LogP contribution in [-0.4, -0.2) is 36.5 Å². The molecule has 1 rings (SSSR count). The van der Waals surface area contributed by atoms with E-state index in [0.717, 1.165) is 18.7 Å². The summed E-state index contributed by atoms with van der Waals surface area (Å²) in [4.78, 5) is 12.4. The highest BCUT2D eigenvalue weighted by molar-refractivity contribution is 5.48. The van der Waals surface area contributed by atoms with Crippen LogP contribution >= 0.6 is 0 Å². The molecular weight excluding hydrogens is 242 g/mol. The van der Waals surface area contributed by atoms with Crippen LogP contribution in [0.3, 0.4) is 0 Å². The summed E-state index contributed by atoms with van der Waals surface area (Å²) in [5.41, 5.74) is 1.04. The quantitative estimate of drug-likeness (QED) is 0.608. The Morgan fingerprint density at radius 1 is 1.26 bits per heavy atom. The number of benzene rings is 1. The molecule has 0 fully saturated rings. The third-order valence-electron chi connectivity index (χ3n) is 3.09. The van der Waals surface area contributed by atoms with Gasteiger partial charge in [0.25, 0.3) is 5.69 Å². The normalized spacial score (nSPS) is 12.7. The Balaban J connectivity index is 2.56. The van der Waals surface area contributed by atoms with Crippen LogP contribution in [0.4, 0.5) is 11.4 Å². The third-order valence-corrected chi connectivity index (χ3v) is 3.09. The molecule has 0 spiro atoms. The topological polar surface area (TPSA) is 58.4 Å². The highest BCUT2D eigenvalue weighted by Gasteiger charge is 2.13. The number of non-ortho nitro benzene ring substituents is 1. The van der Waals surface area contributed by atoms with Crippen molar-refractivity contribution in [2.45, 2.75) is 26.3 Å². The molecule has 0 aliphatic heterocycles. The van der Waals surface area contributed by atoms with Crippen LogP contribution in [-0.2, 0) is 0 Å². The molecular formula is C14H23N3O2. The lowest BCUT2D eigenvalue weighted by atomic mass is 10.0. The second kappa shape index (κ2) is 7.09. The predicted molar refractivity (Wildman–Crippen MR) is 78.5 cm³/mol. The van der Waals surface area contributed by atoms with Crippen molar-refractivity contribution in [2.24, 2.45) is 5.92 Å². The van der Waals surface area contributed by atoms with E-state index in [2.05, 4.69) is 38.2 Å². The van der Waals surface area contributed by atoms with E-state index in [1.54, 1.807) is 12.1 Å². The number of hydrogen-bond acceptors (Lipinski definition) is 4. The first-order valence-corrected chi connectivity index (χ1v) is 6.55. The first kappa shape index (κ1) is 15.4. The molecule has 1 aromatic rings. The number of nitro benzene ring substituents is 1. The van der Waals surface area contributed by atoms with Crippen molar-refractivity contribution in [2.75, 3.05) is 26.0 Å². The highest BCUT2D eigenvalue weighted by Crippen LogP contribution is 2.16.